The molecule has 0 unspecified atom stereocenters. The van der Waals surface area contributed by atoms with Crippen LogP contribution in [0.5, 0.6) is 0 Å². The van der Waals surface area contributed by atoms with E-state index in [0.717, 1.165) is 31.2 Å². The summed E-state index contributed by atoms with van der Waals surface area (Å²) in [5.41, 5.74) is 3.46. The minimum Gasteiger partial charge on any atom is -0.348 e. The molecule has 1 aliphatic carbocycles. The third-order valence-electron chi connectivity index (χ3n) is 6.42. The van der Waals surface area contributed by atoms with Crippen molar-refractivity contribution < 1.29 is 9.59 Å². The Kier molecular flexibility index (Phi) is 7.15. The van der Waals surface area contributed by atoms with Gasteiger partial charge in [0.05, 0.1) is 41.1 Å². The lowest BCUT2D eigenvalue weighted by Gasteiger charge is -2.22. The molecule has 2 aromatic heterocycles. The standard InChI is InChI=1S/C27H31N7O2/c1-17-24(34-16-23(32-33-34)26(36)30-21-8-6-5-7-9-21)13-22(15-29-17)31-25(35)19-10-18(14-28)11-20(12-19)27(2,3)4/h10-13,15-16,21H,5-9H2,1-4H3,(H,30,36)(H,31,35). The molecule has 186 valence electrons. The van der Waals surface area contributed by atoms with Gasteiger partial charge in [0, 0.05) is 11.6 Å². The van der Waals surface area contributed by atoms with Gasteiger partial charge in [-0.05, 0) is 55.0 Å². The van der Waals surface area contributed by atoms with Crippen molar-refractivity contribution in [1.82, 2.24) is 25.3 Å². The molecule has 1 aromatic carbocycles. The molecule has 0 radical (unpaired) electrons. The number of nitriles is 1. The molecule has 2 N–H and O–H groups in total. The van der Waals surface area contributed by atoms with Crippen LogP contribution in [0.1, 0.15) is 90.5 Å². The van der Waals surface area contributed by atoms with E-state index in [0.29, 0.717) is 28.2 Å². The van der Waals surface area contributed by atoms with Gasteiger partial charge in [0.1, 0.15) is 0 Å². The Morgan fingerprint density at radius 1 is 1.08 bits per heavy atom. The Morgan fingerprint density at radius 2 is 1.83 bits per heavy atom. The maximum atomic E-state index is 13.0. The van der Waals surface area contributed by atoms with Gasteiger partial charge in [-0.3, -0.25) is 14.6 Å². The highest BCUT2D eigenvalue weighted by Crippen LogP contribution is 2.25. The number of aromatic nitrogens is 4. The van der Waals surface area contributed by atoms with E-state index in [1.165, 1.54) is 11.1 Å². The van der Waals surface area contributed by atoms with E-state index in [1.807, 2.05) is 27.7 Å². The molecule has 0 bridgehead atoms. The molecule has 9 heteroatoms. The smallest absolute Gasteiger partial charge is 0.273 e. The van der Waals surface area contributed by atoms with Crippen LogP contribution in [0.2, 0.25) is 0 Å². The van der Waals surface area contributed by atoms with E-state index in [9.17, 15) is 14.9 Å². The summed E-state index contributed by atoms with van der Waals surface area (Å²) in [4.78, 5) is 30.1. The van der Waals surface area contributed by atoms with Gasteiger partial charge in [-0.1, -0.05) is 45.2 Å². The zero-order valence-corrected chi connectivity index (χ0v) is 21.1. The lowest BCUT2D eigenvalue weighted by Crippen LogP contribution is -2.36. The largest absolute Gasteiger partial charge is 0.348 e. The number of carbonyl (C=O) groups excluding carboxylic acids is 2. The first kappa shape index (κ1) is 25.0. The molecule has 36 heavy (non-hydrogen) atoms. The maximum absolute atomic E-state index is 13.0. The van der Waals surface area contributed by atoms with E-state index < -0.39 is 0 Å². The van der Waals surface area contributed by atoms with Crippen molar-refractivity contribution in [3.8, 4) is 11.8 Å². The van der Waals surface area contributed by atoms with Crippen molar-refractivity contribution in [3.05, 3.63) is 64.7 Å². The van der Waals surface area contributed by atoms with E-state index in [2.05, 4.69) is 32.0 Å². The number of hydrogen-bond acceptors (Lipinski definition) is 6. The highest BCUT2D eigenvalue weighted by atomic mass is 16.2. The van der Waals surface area contributed by atoms with Crippen molar-refractivity contribution in [1.29, 1.82) is 5.26 Å². The van der Waals surface area contributed by atoms with E-state index >= 15 is 0 Å². The number of nitrogens with one attached hydrogen (secondary N) is 2. The minimum atomic E-state index is -0.347. The third-order valence-corrected chi connectivity index (χ3v) is 6.42. The van der Waals surface area contributed by atoms with Crippen molar-refractivity contribution >= 4 is 17.5 Å². The molecule has 3 aromatic rings. The Labute approximate surface area is 210 Å². The lowest BCUT2D eigenvalue weighted by molar-refractivity contribution is 0.0922. The quantitative estimate of drug-likeness (QED) is 0.550. The van der Waals surface area contributed by atoms with Crippen LogP contribution in [-0.4, -0.2) is 37.8 Å². The number of nitrogens with zero attached hydrogens (tertiary/aromatic N) is 5. The van der Waals surface area contributed by atoms with Crippen molar-refractivity contribution in [3.63, 3.8) is 0 Å². The predicted molar refractivity (Wildman–Crippen MR) is 136 cm³/mol. The van der Waals surface area contributed by atoms with Gasteiger partial charge in [-0.25, -0.2) is 4.68 Å². The van der Waals surface area contributed by atoms with Gasteiger partial charge in [0.15, 0.2) is 5.69 Å². The number of rotatable bonds is 5. The van der Waals surface area contributed by atoms with Crippen LogP contribution in [0.25, 0.3) is 5.69 Å². The van der Waals surface area contributed by atoms with Crippen LogP contribution in [0.3, 0.4) is 0 Å². The summed E-state index contributed by atoms with van der Waals surface area (Å²) in [5, 5.41) is 23.5. The van der Waals surface area contributed by atoms with Crippen LogP contribution < -0.4 is 10.6 Å². The SMILES string of the molecule is Cc1ncc(NC(=O)c2cc(C#N)cc(C(C)(C)C)c2)cc1-n1cc(C(=O)NC2CCCCC2)nn1. The van der Waals surface area contributed by atoms with E-state index in [1.54, 1.807) is 36.7 Å². The maximum Gasteiger partial charge on any atom is 0.273 e. The first-order valence-electron chi connectivity index (χ1n) is 12.2. The zero-order chi connectivity index (χ0) is 25.9. The first-order valence-corrected chi connectivity index (χ1v) is 12.2. The van der Waals surface area contributed by atoms with E-state index in [-0.39, 0.29) is 29.0 Å². The number of amides is 2. The summed E-state index contributed by atoms with van der Waals surface area (Å²) in [7, 11) is 0. The van der Waals surface area contributed by atoms with Gasteiger partial charge >= 0.3 is 0 Å². The molecule has 0 aliphatic heterocycles. The van der Waals surface area contributed by atoms with Crippen molar-refractivity contribution in [2.45, 2.75) is 71.3 Å². The molecular weight excluding hydrogens is 454 g/mol. The minimum absolute atomic E-state index is 0.177. The number of carbonyl (C=O) groups is 2. The fraction of sp³-hybridized carbons (Fsp3) is 0.407. The van der Waals surface area contributed by atoms with E-state index in [4.69, 9.17) is 0 Å². The molecular formula is C27H31N7O2. The van der Waals surface area contributed by atoms with Crippen LogP contribution in [0.15, 0.2) is 36.7 Å². The second-order valence-corrected chi connectivity index (χ2v) is 10.3. The number of hydrogen-bond donors (Lipinski definition) is 2. The molecule has 1 saturated carbocycles. The molecule has 9 nitrogen and oxygen atoms in total. The Bertz CT molecular complexity index is 1320. The first-order chi connectivity index (χ1) is 17.1. The normalized spacial score (nSPS) is 14.2. The van der Waals surface area contributed by atoms with Crippen LogP contribution in [-0.2, 0) is 5.41 Å². The molecule has 2 heterocycles. The molecule has 2 amide bonds. The third kappa shape index (κ3) is 5.77. The molecule has 1 aliphatic rings. The second kappa shape index (κ2) is 10.3. The summed E-state index contributed by atoms with van der Waals surface area (Å²) in [5.74, 6) is -0.587. The van der Waals surface area contributed by atoms with Gasteiger partial charge in [-0.2, -0.15) is 5.26 Å². The average Bonchev–Trinajstić information content (AvgIpc) is 3.35. The highest BCUT2D eigenvalue weighted by molar-refractivity contribution is 6.04. The van der Waals surface area contributed by atoms with Gasteiger partial charge in [0.2, 0.25) is 0 Å². The zero-order valence-electron chi connectivity index (χ0n) is 21.1. The molecule has 0 atom stereocenters. The van der Waals surface area contributed by atoms with Crippen LogP contribution in [0, 0.1) is 18.3 Å². The van der Waals surface area contributed by atoms with Gasteiger partial charge < -0.3 is 10.6 Å². The number of benzene rings is 1. The fourth-order valence-corrected chi connectivity index (χ4v) is 4.27. The summed E-state index contributed by atoms with van der Waals surface area (Å²) < 4.78 is 1.49. The Morgan fingerprint density at radius 3 is 2.53 bits per heavy atom. The highest BCUT2D eigenvalue weighted by Gasteiger charge is 2.20. The number of pyridine rings is 1. The van der Waals surface area contributed by atoms with Crippen LogP contribution >= 0.6 is 0 Å². The van der Waals surface area contributed by atoms with Gasteiger partial charge in [0.25, 0.3) is 11.8 Å². The molecule has 0 spiro atoms. The van der Waals surface area contributed by atoms with Crippen molar-refractivity contribution in [2.24, 2.45) is 0 Å². The van der Waals surface area contributed by atoms with Crippen LogP contribution in [0.4, 0.5) is 5.69 Å². The Balaban J connectivity index is 1.53. The average molecular weight is 486 g/mol. The molecule has 1 fully saturated rings. The van der Waals surface area contributed by atoms with Crippen molar-refractivity contribution in [2.75, 3.05) is 5.32 Å². The Hall–Kier alpha value is -4.06. The predicted octanol–water partition coefficient (Wildman–Crippen LogP) is 4.45. The molecule has 0 saturated heterocycles. The number of anilines is 1. The number of aryl methyl sites for hydroxylation is 1. The fourth-order valence-electron chi connectivity index (χ4n) is 4.27. The lowest BCUT2D eigenvalue weighted by atomic mass is 9.85. The van der Waals surface area contributed by atoms with Gasteiger partial charge in [-0.15, -0.1) is 5.10 Å². The summed E-state index contributed by atoms with van der Waals surface area (Å²) in [6.07, 6.45) is 8.56. The monoisotopic (exact) mass is 485 g/mol. The second-order valence-electron chi connectivity index (χ2n) is 10.3. The summed E-state index contributed by atoms with van der Waals surface area (Å²) >= 11 is 0. The molecule has 4 rings (SSSR count). The topological polar surface area (TPSA) is 126 Å². The summed E-state index contributed by atoms with van der Waals surface area (Å²) in [6, 6.07) is 9.21. The summed E-state index contributed by atoms with van der Waals surface area (Å²) in [6.45, 7) is 7.91.